The Hall–Kier alpha value is -0.840. The lowest BCUT2D eigenvalue weighted by Crippen LogP contribution is -2.40. The van der Waals surface area contributed by atoms with Crippen molar-refractivity contribution in [3.8, 4) is 0 Å². The lowest BCUT2D eigenvalue weighted by atomic mass is 10.3. The zero-order valence-corrected chi connectivity index (χ0v) is 7.53. The second-order valence-electron chi connectivity index (χ2n) is 3.00. The van der Waals surface area contributed by atoms with Gasteiger partial charge in [-0.05, 0) is 19.2 Å². The molecule has 1 aromatic rings. The van der Waals surface area contributed by atoms with E-state index >= 15 is 0 Å². The van der Waals surface area contributed by atoms with E-state index in [-0.39, 0.29) is 12.3 Å². The molecular formula is C9H13NO3. The highest BCUT2D eigenvalue weighted by Gasteiger charge is 2.23. The molecular weight excluding hydrogens is 170 g/mol. The van der Waals surface area contributed by atoms with E-state index in [0.29, 0.717) is 13.2 Å². The van der Waals surface area contributed by atoms with Gasteiger partial charge in [0, 0.05) is 0 Å². The lowest BCUT2D eigenvalue weighted by molar-refractivity contribution is -0.201. The molecule has 1 aromatic heterocycles. The third kappa shape index (κ3) is 1.91. The van der Waals surface area contributed by atoms with Crippen LogP contribution < -0.4 is 5.32 Å². The van der Waals surface area contributed by atoms with E-state index in [2.05, 4.69) is 5.32 Å². The van der Waals surface area contributed by atoms with Gasteiger partial charge in [-0.25, -0.2) is 0 Å². The second-order valence-corrected chi connectivity index (χ2v) is 3.00. The Labute approximate surface area is 76.8 Å². The number of furan rings is 1. The fourth-order valence-electron chi connectivity index (χ4n) is 1.26. The third-order valence-electron chi connectivity index (χ3n) is 2.08. The topological polar surface area (TPSA) is 43.6 Å². The molecule has 4 heteroatoms. The van der Waals surface area contributed by atoms with Crippen LogP contribution in [0.3, 0.4) is 0 Å². The molecule has 2 heterocycles. The number of likely N-dealkylation sites (N-methyl/N-ethyl adjacent to an activating group) is 1. The Morgan fingerprint density at radius 3 is 2.69 bits per heavy atom. The minimum atomic E-state index is -0.334. The Morgan fingerprint density at radius 2 is 2.15 bits per heavy atom. The van der Waals surface area contributed by atoms with Gasteiger partial charge >= 0.3 is 0 Å². The van der Waals surface area contributed by atoms with E-state index in [1.807, 2.05) is 19.2 Å². The van der Waals surface area contributed by atoms with Gasteiger partial charge in [-0.2, -0.15) is 0 Å². The average Bonchev–Trinajstić information content (AvgIpc) is 2.71. The molecule has 1 aliphatic rings. The maximum absolute atomic E-state index is 5.45. The molecule has 1 N–H and O–H groups in total. The molecule has 4 nitrogen and oxygen atoms in total. The van der Waals surface area contributed by atoms with Crippen LogP contribution in [0.15, 0.2) is 22.8 Å². The van der Waals surface area contributed by atoms with E-state index in [4.69, 9.17) is 13.9 Å². The van der Waals surface area contributed by atoms with Gasteiger partial charge in [0.2, 0.25) is 6.29 Å². The quantitative estimate of drug-likeness (QED) is 0.740. The van der Waals surface area contributed by atoms with Crippen molar-refractivity contribution in [1.29, 1.82) is 0 Å². The molecule has 1 fully saturated rings. The Kier molecular flexibility index (Phi) is 2.63. The first-order chi connectivity index (χ1) is 6.40. The maximum atomic E-state index is 5.45. The average molecular weight is 183 g/mol. The highest BCUT2D eigenvalue weighted by Crippen LogP contribution is 2.22. The lowest BCUT2D eigenvalue weighted by Gasteiger charge is -2.27. The largest absolute Gasteiger partial charge is 0.464 e. The summed E-state index contributed by atoms with van der Waals surface area (Å²) >= 11 is 0. The Morgan fingerprint density at radius 1 is 1.38 bits per heavy atom. The van der Waals surface area contributed by atoms with Crippen LogP contribution in [0.5, 0.6) is 0 Å². The molecule has 0 aliphatic carbocycles. The number of rotatable bonds is 2. The van der Waals surface area contributed by atoms with Gasteiger partial charge in [0.1, 0.15) is 0 Å². The summed E-state index contributed by atoms with van der Waals surface area (Å²) in [5.74, 6) is 0.731. The van der Waals surface area contributed by atoms with Crippen molar-refractivity contribution in [2.45, 2.75) is 12.3 Å². The predicted molar refractivity (Wildman–Crippen MR) is 46.2 cm³/mol. The van der Waals surface area contributed by atoms with Crippen LogP contribution in [0.2, 0.25) is 0 Å². The third-order valence-corrected chi connectivity index (χ3v) is 2.08. The molecule has 0 bridgehead atoms. The van der Waals surface area contributed by atoms with E-state index in [1.165, 1.54) is 0 Å². The van der Waals surface area contributed by atoms with Crippen LogP contribution in [0, 0.1) is 0 Å². The first-order valence-corrected chi connectivity index (χ1v) is 4.34. The molecule has 1 saturated heterocycles. The molecule has 0 unspecified atom stereocenters. The van der Waals surface area contributed by atoms with Crippen molar-refractivity contribution in [2.24, 2.45) is 0 Å². The normalized spacial score (nSPS) is 29.0. The second kappa shape index (κ2) is 3.91. The molecule has 13 heavy (non-hydrogen) atoms. The van der Waals surface area contributed by atoms with Gasteiger partial charge in [0.25, 0.3) is 0 Å². The molecule has 0 spiro atoms. The Balaban J connectivity index is 1.92. The SMILES string of the molecule is CNC1COC(c2ccco2)OC1. The number of hydrogen-bond donors (Lipinski definition) is 1. The van der Waals surface area contributed by atoms with Gasteiger partial charge in [0.05, 0.1) is 25.5 Å². The van der Waals surface area contributed by atoms with Crippen LogP contribution in [0.4, 0.5) is 0 Å². The fraction of sp³-hybridized carbons (Fsp3) is 0.556. The van der Waals surface area contributed by atoms with Crippen LogP contribution >= 0.6 is 0 Å². The predicted octanol–water partition coefficient (Wildman–Crippen LogP) is 0.913. The van der Waals surface area contributed by atoms with Crippen molar-refractivity contribution in [3.63, 3.8) is 0 Å². The summed E-state index contributed by atoms with van der Waals surface area (Å²) in [7, 11) is 1.89. The van der Waals surface area contributed by atoms with Crippen molar-refractivity contribution in [3.05, 3.63) is 24.2 Å². The molecule has 0 amide bonds. The van der Waals surface area contributed by atoms with Gasteiger partial charge in [0.15, 0.2) is 5.76 Å². The minimum Gasteiger partial charge on any atom is -0.464 e. The summed E-state index contributed by atoms with van der Waals surface area (Å²) in [6.45, 7) is 1.31. The van der Waals surface area contributed by atoms with Crippen molar-refractivity contribution >= 4 is 0 Å². The fourth-order valence-corrected chi connectivity index (χ4v) is 1.26. The van der Waals surface area contributed by atoms with Gasteiger partial charge in [-0.1, -0.05) is 0 Å². The zero-order chi connectivity index (χ0) is 9.10. The van der Waals surface area contributed by atoms with Crippen LogP contribution in [0.1, 0.15) is 12.1 Å². The van der Waals surface area contributed by atoms with E-state index in [1.54, 1.807) is 6.26 Å². The highest BCUT2D eigenvalue weighted by molar-refractivity contribution is 5.00. The molecule has 0 radical (unpaired) electrons. The summed E-state index contributed by atoms with van der Waals surface area (Å²) in [5.41, 5.74) is 0. The minimum absolute atomic E-state index is 0.284. The molecule has 0 saturated carbocycles. The molecule has 72 valence electrons. The standard InChI is InChI=1S/C9H13NO3/c1-10-7-5-12-9(13-6-7)8-3-2-4-11-8/h2-4,7,9-10H,5-6H2,1H3. The number of hydrogen-bond acceptors (Lipinski definition) is 4. The van der Waals surface area contributed by atoms with Crippen molar-refractivity contribution in [1.82, 2.24) is 5.32 Å². The maximum Gasteiger partial charge on any atom is 0.217 e. The summed E-state index contributed by atoms with van der Waals surface area (Å²) in [5, 5.41) is 3.09. The summed E-state index contributed by atoms with van der Waals surface area (Å²) < 4.78 is 16.1. The summed E-state index contributed by atoms with van der Waals surface area (Å²) in [4.78, 5) is 0. The smallest absolute Gasteiger partial charge is 0.217 e. The molecule has 2 rings (SSSR count). The number of ether oxygens (including phenoxy) is 2. The van der Waals surface area contributed by atoms with Gasteiger partial charge in [-0.15, -0.1) is 0 Å². The molecule has 0 atom stereocenters. The molecule has 0 aromatic carbocycles. The molecule has 1 aliphatic heterocycles. The van der Waals surface area contributed by atoms with Crippen LogP contribution in [-0.2, 0) is 9.47 Å². The zero-order valence-electron chi connectivity index (χ0n) is 7.53. The van der Waals surface area contributed by atoms with Crippen LogP contribution in [0.25, 0.3) is 0 Å². The van der Waals surface area contributed by atoms with E-state index < -0.39 is 0 Å². The van der Waals surface area contributed by atoms with Gasteiger partial charge in [-0.3, -0.25) is 0 Å². The van der Waals surface area contributed by atoms with Gasteiger partial charge < -0.3 is 19.2 Å². The van der Waals surface area contributed by atoms with E-state index in [0.717, 1.165) is 5.76 Å². The number of nitrogens with one attached hydrogen (secondary N) is 1. The Bertz CT molecular complexity index is 239. The highest BCUT2D eigenvalue weighted by atomic mass is 16.7. The van der Waals surface area contributed by atoms with Crippen molar-refractivity contribution < 1.29 is 13.9 Å². The van der Waals surface area contributed by atoms with Crippen molar-refractivity contribution in [2.75, 3.05) is 20.3 Å². The van der Waals surface area contributed by atoms with E-state index in [9.17, 15) is 0 Å². The first kappa shape index (κ1) is 8.74. The summed E-state index contributed by atoms with van der Waals surface area (Å²) in [6.07, 6.45) is 1.28. The first-order valence-electron chi connectivity index (χ1n) is 4.34. The summed E-state index contributed by atoms with van der Waals surface area (Å²) in [6, 6.07) is 3.96. The van der Waals surface area contributed by atoms with Crippen LogP contribution in [-0.4, -0.2) is 26.3 Å². The monoisotopic (exact) mass is 183 g/mol.